The zero-order chi connectivity index (χ0) is 16.9. The number of hydrogen-bond donors (Lipinski definition) is 4. The van der Waals surface area contributed by atoms with Crippen molar-refractivity contribution in [2.45, 2.75) is 6.54 Å². The van der Waals surface area contributed by atoms with Gasteiger partial charge >= 0.3 is 0 Å². The molecular formula is C16H15ClN6O. The summed E-state index contributed by atoms with van der Waals surface area (Å²) in [7, 11) is 0. The third-order valence-corrected chi connectivity index (χ3v) is 3.72. The quantitative estimate of drug-likeness (QED) is 0.550. The zero-order valence-electron chi connectivity index (χ0n) is 12.6. The number of nitrogens with zero attached hydrogens (tertiary/aromatic N) is 2. The van der Waals surface area contributed by atoms with Crippen molar-refractivity contribution in [1.29, 1.82) is 0 Å². The van der Waals surface area contributed by atoms with Crippen LogP contribution in [0.5, 0.6) is 0 Å². The monoisotopic (exact) mass is 342 g/mol. The highest BCUT2D eigenvalue weighted by Gasteiger charge is 2.18. The van der Waals surface area contributed by atoms with E-state index in [0.717, 1.165) is 5.56 Å². The highest BCUT2D eigenvalue weighted by atomic mass is 35.5. The van der Waals surface area contributed by atoms with Gasteiger partial charge in [-0.1, -0.05) is 29.8 Å². The molecule has 0 fully saturated rings. The minimum Gasteiger partial charge on any atom is -0.365 e. The fourth-order valence-electron chi connectivity index (χ4n) is 2.20. The van der Waals surface area contributed by atoms with Crippen molar-refractivity contribution in [2.75, 3.05) is 10.6 Å². The molecule has 3 rings (SSSR count). The number of carbonyl (C=O) groups is 1. The highest BCUT2D eigenvalue weighted by Crippen LogP contribution is 2.25. The average molecular weight is 343 g/mol. The van der Waals surface area contributed by atoms with E-state index in [2.05, 4.69) is 25.8 Å². The number of nitrogens with two attached hydrogens (primary N) is 1. The SMILES string of the molecule is NC(=O)c1c(NCc2ccccc2Cl)n[nH]c1Nc1cccnc1. The number of pyridine rings is 1. The lowest BCUT2D eigenvalue weighted by Gasteiger charge is -2.08. The normalized spacial score (nSPS) is 10.4. The Kier molecular flexibility index (Phi) is 4.62. The van der Waals surface area contributed by atoms with E-state index in [1.165, 1.54) is 0 Å². The number of halogens is 1. The van der Waals surface area contributed by atoms with Crippen molar-refractivity contribution < 1.29 is 4.79 Å². The summed E-state index contributed by atoms with van der Waals surface area (Å²) < 4.78 is 0. The molecule has 0 spiro atoms. The third kappa shape index (κ3) is 3.47. The number of aromatic amines is 1. The smallest absolute Gasteiger partial charge is 0.256 e. The van der Waals surface area contributed by atoms with E-state index >= 15 is 0 Å². The highest BCUT2D eigenvalue weighted by molar-refractivity contribution is 6.31. The Bertz CT molecular complexity index is 849. The molecule has 0 unspecified atom stereocenters. The first-order valence-corrected chi connectivity index (χ1v) is 7.55. The van der Waals surface area contributed by atoms with Gasteiger partial charge in [0.15, 0.2) is 5.82 Å². The Morgan fingerprint density at radius 2 is 2.08 bits per heavy atom. The summed E-state index contributed by atoms with van der Waals surface area (Å²) in [6.45, 7) is 0.414. The van der Waals surface area contributed by atoms with Crippen molar-refractivity contribution in [1.82, 2.24) is 15.2 Å². The number of carbonyl (C=O) groups excluding carboxylic acids is 1. The predicted octanol–water partition coefficient (Wildman–Crippen LogP) is 2.91. The predicted molar refractivity (Wildman–Crippen MR) is 93.4 cm³/mol. The van der Waals surface area contributed by atoms with Crippen LogP contribution in [0.25, 0.3) is 0 Å². The standard InChI is InChI=1S/C16H15ClN6O/c17-12-6-2-1-4-10(12)8-20-15-13(14(18)24)16(23-22-15)21-11-5-3-7-19-9-11/h1-7,9H,8H2,(H2,18,24)(H3,20,21,22,23). The Morgan fingerprint density at radius 3 is 2.79 bits per heavy atom. The number of amides is 1. The Morgan fingerprint density at radius 1 is 1.25 bits per heavy atom. The van der Waals surface area contributed by atoms with Crippen molar-refractivity contribution in [3.05, 3.63) is 64.9 Å². The second kappa shape index (κ2) is 7.01. The van der Waals surface area contributed by atoms with Crippen molar-refractivity contribution in [3.63, 3.8) is 0 Å². The maximum absolute atomic E-state index is 11.8. The molecule has 0 radical (unpaired) electrons. The van der Waals surface area contributed by atoms with E-state index in [9.17, 15) is 4.79 Å². The van der Waals surface area contributed by atoms with E-state index in [4.69, 9.17) is 17.3 Å². The van der Waals surface area contributed by atoms with Crippen LogP contribution >= 0.6 is 11.6 Å². The fraction of sp³-hybridized carbons (Fsp3) is 0.0625. The van der Waals surface area contributed by atoms with Gasteiger partial charge in [0.05, 0.1) is 11.9 Å². The topological polar surface area (TPSA) is 109 Å². The first-order valence-electron chi connectivity index (χ1n) is 7.17. The summed E-state index contributed by atoms with van der Waals surface area (Å²) in [5, 5.41) is 13.6. The molecule has 8 heteroatoms. The summed E-state index contributed by atoms with van der Waals surface area (Å²) in [6.07, 6.45) is 3.28. The molecule has 3 aromatic rings. The second-order valence-electron chi connectivity index (χ2n) is 5.00. The van der Waals surface area contributed by atoms with Gasteiger partial charge in [-0.15, -0.1) is 0 Å². The number of H-pyrrole nitrogens is 1. The molecule has 24 heavy (non-hydrogen) atoms. The second-order valence-corrected chi connectivity index (χ2v) is 5.41. The number of anilines is 3. The van der Waals surface area contributed by atoms with Crippen molar-refractivity contribution >= 4 is 34.8 Å². The molecule has 0 saturated heterocycles. The number of aromatic nitrogens is 3. The van der Waals surface area contributed by atoms with Crippen LogP contribution in [-0.2, 0) is 6.54 Å². The van der Waals surface area contributed by atoms with Gasteiger partial charge in [-0.2, -0.15) is 5.10 Å². The lowest BCUT2D eigenvalue weighted by Crippen LogP contribution is -2.15. The fourth-order valence-corrected chi connectivity index (χ4v) is 2.40. The Hall–Kier alpha value is -3.06. The number of nitrogens with one attached hydrogen (secondary N) is 3. The van der Waals surface area contributed by atoms with E-state index in [1.54, 1.807) is 24.5 Å². The lowest BCUT2D eigenvalue weighted by atomic mass is 10.2. The van der Waals surface area contributed by atoms with Gasteiger partial charge in [0.1, 0.15) is 11.4 Å². The van der Waals surface area contributed by atoms with E-state index in [1.807, 2.05) is 24.3 Å². The molecule has 1 amide bonds. The van der Waals surface area contributed by atoms with Gasteiger partial charge in [-0.25, -0.2) is 0 Å². The number of hydrogen-bond acceptors (Lipinski definition) is 5. The van der Waals surface area contributed by atoms with Gasteiger partial charge < -0.3 is 16.4 Å². The van der Waals surface area contributed by atoms with Crippen LogP contribution in [0, 0.1) is 0 Å². The van der Waals surface area contributed by atoms with Crippen LogP contribution in [0.4, 0.5) is 17.3 Å². The molecule has 0 aliphatic rings. The summed E-state index contributed by atoms with van der Waals surface area (Å²) in [5.74, 6) is 0.155. The van der Waals surface area contributed by atoms with Gasteiger partial charge in [-0.3, -0.25) is 14.9 Å². The zero-order valence-corrected chi connectivity index (χ0v) is 13.3. The number of rotatable bonds is 6. The summed E-state index contributed by atoms with van der Waals surface area (Å²) in [4.78, 5) is 15.8. The van der Waals surface area contributed by atoms with Crippen LogP contribution in [0.15, 0.2) is 48.8 Å². The van der Waals surface area contributed by atoms with Gasteiger partial charge in [0.25, 0.3) is 5.91 Å². The van der Waals surface area contributed by atoms with Crippen molar-refractivity contribution in [2.24, 2.45) is 5.73 Å². The third-order valence-electron chi connectivity index (χ3n) is 3.35. The lowest BCUT2D eigenvalue weighted by molar-refractivity contribution is 0.100. The van der Waals surface area contributed by atoms with Crippen LogP contribution in [0.2, 0.25) is 5.02 Å². The molecule has 2 aromatic heterocycles. The minimum absolute atomic E-state index is 0.242. The van der Waals surface area contributed by atoms with Gasteiger partial charge in [0, 0.05) is 17.8 Å². The summed E-state index contributed by atoms with van der Waals surface area (Å²) in [5.41, 5.74) is 7.33. The molecule has 7 nitrogen and oxygen atoms in total. The molecule has 0 bridgehead atoms. The molecule has 1 aromatic carbocycles. The molecule has 0 aliphatic heterocycles. The van der Waals surface area contributed by atoms with Gasteiger partial charge in [-0.05, 0) is 23.8 Å². The molecule has 5 N–H and O–H groups in total. The van der Waals surface area contributed by atoms with E-state index < -0.39 is 5.91 Å². The average Bonchev–Trinajstić information content (AvgIpc) is 2.98. The molecule has 122 valence electrons. The van der Waals surface area contributed by atoms with E-state index in [0.29, 0.717) is 28.9 Å². The molecule has 0 aliphatic carbocycles. The summed E-state index contributed by atoms with van der Waals surface area (Å²) in [6, 6.07) is 11.0. The largest absolute Gasteiger partial charge is 0.365 e. The summed E-state index contributed by atoms with van der Waals surface area (Å²) >= 11 is 6.13. The number of benzene rings is 1. The maximum Gasteiger partial charge on any atom is 0.256 e. The Balaban J connectivity index is 1.81. The van der Waals surface area contributed by atoms with Crippen LogP contribution < -0.4 is 16.4 Å². The van der Waals surface area contributed by atoms with Crippen LogP contribution in [0.3, 0.4) is 0 Å². The molecular weight excluding hydrogens is 328 g/mol. The van der Waals surface area contributed by atoms with Crippen molar-refractivity contribution in [3.8, 4) is 0 Å². The molecule has 2 heterocycles. The number of primary amides is 1. The first-order chi connectivity index (χ1) is 11.6. The first kappa shape index (κ1) is 15.8. The Labute approximate surface area is 143 Å². The molecule has 0 saturated carbocycles. The van der Waals surface area contributed by atoms with Gasteiger partial charge in [0.2, 0.25) is 0 Å². The van der Waals surface area contributed by atoms with E-state index in [-0.39, 0.29) is 5.56 Å². The molecule has 0 atom stereocenters. The van der Waals surface area contributed by atoms with Crippen LogP contribution in [0.1, 0.15) is 15.9 Å². The minimum atomic E-state index is -0.600. The van der Waals surface area contributed by atoms with Crippen LogP contribution in [-0.4, -0.2) is 21.1 Å². The maximum atomic E-state index is 11.8.